The van der Waals surface area contributed by atoms with Crippen molar-refractivity contribution < 1.29 is 14.6 Å². The van der Waals surface area contributed by atoms with E-state index in [1.54, 1.807) is 6.92 Å². The Bertz CT molecular complexity index is 387. The molecule has 2 rings (SSSR count). The van der Waals surface area contributed by atoms with Crippen LogP contribution in [0.5, 0.6) is 0 Å². The molecule has 1 fully saturated rings. The topological polar surface area (TPSA) is 46.5 Å². The summed E-state index contributed by atoms with van der Waals surface area (Å²) in [4.78, 5) is 11.1. The maximum atomic E-state index is 11.1. The number of hydrogen-bond donors (Lipinski definition) is 1. The minimum absolute atomic E-state index is 0.189. The summed E-state index contributed by atoms with van der Waals surface area (Å²) in [6, 6.07) is 7.82. The van der Waals surface area contributed by atoms with Gasteiger partial charge in [-0.2, -0.15) is 0 Å². The molecule has 1 saturated carbocycles. The average molecular weight is 220 g/mol. The van der Waals surface area contributed by atoms with Crippen molar-refractivity contribution in [2.75, 3.05) is 0 Å². The van der Waals surface area contributed by atoms with Crippen LogP contribution in [0.3, 0.4) is 0 Å². The van der Waals surface area contributed by atoms with E-state index in [-0.39, 0.29) is 18.0 Å². The van der Waals surface area contributed by atoms with E-state index in [9.17, 15) is 9.90 Å². The van der Waals surface area contributed by atoms with Gasteiger partial charge in [-0.3, -0.25) is 4.79 Å². The predicted molar refractivity (Wildman–Crippen MR) is 59.9 cm³/mol. The highest BCUT2D eigenvalue weighted by Gasteiger charge is 2.37. The molecule has 0 bridgehead atoms. The van der Waals surface area contributed by atoms with E-state index in [4.69, 9.17) is 4.74 Å². The van der Waals surface area contributed by atoms with Crippen molar-refractivity contribution in [3.63, 3.8) is 0 Å². The normalized spacial score (nSPS) is 22.9. The van der Waals surface area contributed by atoms with Gasteiger partial charge in [0.25, 0.3) is 0 Å². The standard InChI is InChI=1S/C13H16O3/c1-2-13(15)16-8-9-5-3-4-6-10(9)11-7-12(11)14/h3-6,11-12,14H,2,7-8H2,1H3. The van der Waals surface area contributed by atoms with Gasteiger partial charge in [-0.05, 0) is 17.5 Å². The number of aliphatic hydroxyl groups is 1. The highest BCUT2D eigenvalue weighted by molar-refractivity contribution is 5.68. The molecular formula is C13H16O3. The number of esters is 1. The lowest BCUT2D eigenvalue weighted by molar-refractivity contribution is -0.144. The summed E-state index contributed by atoms with van der Waals surface area (Å²) in [5, 5.41) is 9.42. The second-order valence-electron chi connectivity index (χ2n) is 4.12. The lowest BCUT2D eigenvalue weighted by Crippen LogP contribution is -2.04. The Morgan fingerprint density at radius 3 is 2.81 bits per heavy atom. The molecule has 0 spiro atoms. The number of carbonyl (C=O) groups excluding carboxylic acids is 1. The molecule has 1 aliphatic rings. The summed E-state index contributed by atoms with van der Waals surface area (Å²) in [5.41, 5.74) is 2.12. The Kier molecular flexibility index (Phi) is 3.25. The molecule has 3 heteroatoms. The molecule has 2 unspecified atom stereocenters. The van der Waals surface area contributed by atoms with Gasteiger partial charge in [-0.1, -0.05) is 31.2 Å². The molecule has 0 heterocycles. The number of benzene rings is 1. The summed E-state index contributed by atoms with van der Waals surface area (Å²) >= 11 is 0. The monoisotopic (exact) mass is 220 g/mol. The van der Waals surface area contributed by atoms with E-state index >= 15 is 0 Å². The van der Waals surface area contributed by atoms with Crippen LogP contribution >= 0.6 is 0 Å². The Hall–Kier alpha value is -1.35. The van der Waals surface area contributed by atoms with Crippen molar-refractivity contribution in [3.8, 4) is 0 Å². The van der Waals surface area contributed by atoms with E-state index in [1.807, 2.05) is 24.3 Å². The number of hydrogen-bond acceptors (Lipinski definition) is 3. The number of rotatable bonds is 4. The third-order valence-electron chi connectivity index (χ3n) is 2.89. The zero-order valence-corrected chi connectivity index (χ0v) is 9.35. The van der Waals surface area contributed by atoms with Gasteiger partial charge in [0, 0.05) is 12.3 Å². The van der Waals surface area contributed by atoms with Gasteiger partial charge < -0.3 is 9.84 Å². The van der Waals surface area contributed by atoms with Gasteiger partial charge in [0.15, 0.2) is 0 Å². The van der Waals surface area contributed by atoms with E-state index < -0.39 is 0 Å². The molecule has 0 aromatic heterocycles. The lowest BCUT2D eigenvalue weighted by atomic mass is 10.0. The van der Waals surface area contributed by atoms with Gasteiger partial charge in [-0.15, -0.1) is 0 Å². The Balaban J connectivity index is 2.05. The van der Waals surface area contributed by atoms with Gasteiger partial charge in [0.1, 0.15) is 6.61 Å². The van der Waals surface area contributed by atoms with Crippen LogP contribution in [-0.2, 0) is 16.1 Å². The fraction of sp³-hybridized carbons (Fsp3) is 0.462. The molecule has 0 radical (unpaired) electrons. The molecule has 1 N–H and O–H groups in total. The van der Waals surface area contributed by atoms with E-state index in [0.29, 0.717) is 13.0 Å². The summed E-state index contributed by atoms with van der Waals surface area (Å²) < 4.78 is 5.11. The van der Waals surface area contributed by atoms with Gasteiger partial charge in [-0.25, -0.2) is 0 Å². The smallest absolute Gasteiger partial charge is 0.305 e. The van der Waals surface area contributed by atoms with E-state index in [0.717, 1.165) is 17.5 Å². The quantitative estimate of drug-likeness (QED) is 0.789. The third-order valence-corrected chi connectivity index (χ3v) is 2.89. The van der Waals surface area contributed by atoms with Crippen LogP contribution in [0.2, 0.25) is 0 Å². The molecule has 1 aromatic rings. The molecule has 0 saturated heterocycles. The van der Waals surface area contributed by atoms with Crippen LogP contribution < -0.4 is 0 Å². The Labute approximate surface area is 95.0 Å². The van der Waals surface area contributed by atoms with Crippen LogP contribution in [0.4, 0.5) is 0 Å². The van der Waals surface area contributed by atoms with E-state index in [2.05, 4.69) is 0 Å². The second kappa shape index (κ2) is 4.66. The molecule has 16 heavy (non-hydrogen) atoms. The molecule has 1 aliphatic carbocycles. The van der Waals surface area contributed by atoms with Crippen molar-refractivity contribution in [2.24, 2.45) is 0 Å². The third kappa shape index (κ3) is 2.42. The molecule has 2 atom stereocenters. The predicted octanol–water partition coefficient (Wildman–Crippen LogP) is 1.99. The Morgan fingerprint density at radius 1 is 1.50 bits per heavy atom. The SMILES string of the molecule is CCC(=O)OCc1ccccc1C1CC1O. The van der Waals surface area contributed by atoms with Crippen molar-refractivity contribution in [1.29, 1.82) is 0 Å². The number of ether oxygens (including phenoxy) is 1. The first-order chi connectivity index (χ1) is 7.72. The van der Waals surface area contributed by atoms with Crippen LogP contribution in [-0.4, -0.2) is 17.2 Å². The fourth-order valence-corrected chi connectivity index (χ4v) is 1.80. The Morgan fingerprint density at radius 2 is 2.19 bits per heavy atom. The number of aliphatic hydroxyl groups excluding tert-OH is 1. The molecule has 86 valence electrons. The minimum Gasteiger partial charge on any atom is -0.461 e. The minimum atomic E-state index is -0.219. The van der Waals surface area contributed by atoms with Crippen LogP contribution in [0.1, 0.15) is 36.8 Å². The maximum absolute atomic E-state index is 11.1. The van der Waals surface area contributed by atoms with Gasteiger partial charge >= 0.3 is 5.97 Å². The van der Waals surface area contributed by atoms with E-state index in [1.165, 1.54) is 0 Å². The molecule has 0 aliphatic heterocycles. The van der Waals surface area contributed by atoms with Crippen LogP contribution in [0, 0.1) is 0 Å². The summed E-state index contributed by atoms with van der Waals surface area (Å²) in [7, 11) is 0. The highest BCUT2D eigenvalue weighted by atomic mass is 16.5. The first kappa shape index (κ1) is 11.1. The van der Waals surface area contributed by atoms with Crippen molar-refractivity contribution in [1.82, 2.24) is 0 Å². The fourth-order valence-electron chi connectivity index (χ4n) is 1.80. The zero-order chi connectivity index (χ0) is 11.5. The maximum Gasteiger partial charge on any atom is 0.305 e. The van der Waals surface area contributed by atoms with Crippen molar-refractivity contribution in [3.05, 3.63) is 35.4 Å². The first-order valence-electron chi connectivity index (χ1n) is 5.64. The van der Waals surface area contributed by atoms with Crippen molar-refractivity contribution >= 4 is 5.97 Å². The second-order valence-corrected chi connectivity index (χ2v) is 4.12. The van der Waals surface area contributed by atoms with Gasteiger partial charge in [0.2, 0.25) is 0 Å². The van der Waals surface area contributed by atoms with Crippen LogP contribution in [0.15, 0.2) is 24.3 Å². The summed E-state index contributed by atoms with van der Waals surface area (Å²) in [6.07, 6.45) is 0.996. The summed E-state index contributed by atoms with van der Waals surface area (Å²) in [6.45, 7) is 2.09. The van der Waals surface area contributed by atoms with Gasteiger partial charge in [0.05, 0.1) is 6.10 Å². The molecule has 3 nitrogen and oxygen atoms in total. The highest BCUT2D eigenvalue weighted by Crippen LogP contribution is 2.42. The lowest BCUT2D eigenvalue weighted by Gasteiger charge is -2.08. The van der Waals surface area contributed by atoms with Crippen molar-refractivity contribution in [2.45, 2.75) is 38.4 Å². The summed E-state index contributed by atoms with van der Waals surface area (Å²) in [5.74, 6) is 0.0441. The van der Waals surface area contributed by atoms with Crippen LogP contribution in [0.25, 0.3) is 0 Å². The largest absolute Gasteiger partial charge is 0.461 e. The zero-order valence-electron chi connectivity index (χ0n) is 9.35. The molecule has 1 aromatic carbocycles. The first-order valence-corrected chi connectivity index (χ1v) is 5.64. The molecule has 0 amide bonds. The number of carbonyl (C=O) groups is 1. The average Bonchev–Trinajstić information content (AvgIpc) is 3.03. The molecular weight excluding hydrogens is 204 g/mol.